The molecule has 0 bridgehead atoms. The Morgan fingerprint density at radius 1 is 1.12 bits per heavy atom. The second kappa shape index (κ2) is 9.67. The van der Waals surface area contributed by atoms with E-state index in [4.69, 9.17) is 16.3 Å². The molecule has 0 aliphatic rings. The number of ether oxygens (including phenoxy) is 1. The fraction of sp³-hybridized carbons (Fsp3) is 0.160. The predicted octanol–water partition coefficient (Wildman–Crippen LogP) is 6.40. The highest BCUT2D eigenvalue weighted by atomic mass is 79.9. The number of para-hydroxylation sites is 1. The molecule has 32 heavy (non-hydrogen) atoms. The average molecular weight is 511 g/mol. The van der Waals surface area contributed by atoms with Crippen LogP contribution in [0.1, 0.15) is 36.7 Å². The summed E-state index contributed by atoms with van der Waals surface area (Å²) in [5.41, 5.74) is 2.07. The molecule has 1 aromatic heterocycles. The summed E-state index contributed by atoms with van der Waals surface area (Å²) >= 11 is 9.67. The second-order valence-electron chi connectivity index (χ2n) is 7.57. The molecule has 162 valence electrons. The lowest BCUT2D eigenvalue weighted by atomic mass is 10.2. The van der Waals surface area contributed by atoms with E-state index in [2.05, 4.69) is 26.0 Å². The van der Waals surface area contributed by atoms with Crippen LogP contribution in [0.15, 0.2) is 81.1 Å². The van der Waals surface area contributed by atoms with E-state index in [1.165, 1.54) is 4.68 Å². The Bertz CT molecular complexity index is 1370. The summed E-state index contributed by atoms with van der Waals surface area (Å²) in [5, 5.41) is 5.66. The molecule has 5 nitrogen and oxygen atoms in total. The minimum atomic E-state index is -0.217. The fourth-order valence-electron chi connectivity index (χ4n) is 3.26. The lowest BCUT2D eigenvalue weighted by Crippen LogP contribution is -2.23. The Morgan fingerprint density at radius 2 is 1.88 bits per heavy atom. The lowest BCUT2D eigenvalue weighted by molar-refractivity contribution is 0.306. The van der Waals surface area contributed by atoms with E-state index < -0.39 is 0 Å². The number of benzene rings is 3. The summed E-state index contributed by atoms with van der Waals surface area (Å²) in [6.45, 7) is 4.30. The standard InChI is InChI=1S/C25H21BrClN3O2/c1-16(2)24-29-22-12-11-19(26)13-20(22)25(31)30(24)28-14-17-7-4-6-10-23(17)32-15-18-8-3-5-9-21(18)27/h3-14,16H,15H2,1-2H3. The molecule has 0 saturated heterocycles. The average Bonchev–Trinajstić information content (AvgIpc) is 2.78. The van der Waals surface area contributed by atoms with Crippen LogP contribution >= 0.6 is 27.5 Å². The maximum absolute atomic E-state index is 13.2. The lowest BCUT2D eigenvalue weighted by Gasteiger charge is -2.13. The summed E-state index contributed by atoms with van der Waals surface area (Å²) in [5.74, 6) is 1.25. The summed E-state index contributed by atoms with van der Waals surface area (Å²) in [7, 11) is 0. The Labute approximate surface area is 199 Å². The van der Waals surface area contributed by atoms with Crippen LogP contribution in [0.25, 0.3) is 10.9 Å². The molecule has 0 spiro atoms. The number of halogens is 2. The zero-order valence-electron chi connectivity index (χ0n) is 17.6. The number of aromatic nitrogens is 2. The van der Waals surface area contributed by atoms with Gasteiger partial charge in [0, 0.05) is 26.5 Å². The number of rotatable bonds is 6. The highest BCUT2D eigenvalue weighted by molar-refractivity contribution is 9.10. The molecule has 0 atom stereocenters. The normalized spacial score (nSPS) is 11.5. The molecule has 0 amide bonds. The van der Waals surface area contributed by atoms with Gasteiger partial charge in [-0.05, 0) is 36.4 Å². The van der Waals surface area contributed by atoms with Gasteiger partial charge >= 0.3 is 0 Å². The molecule has 4 aromatic rings. The third kappa shape index (κ3) is 4.76. The van der Waals surface area contributed by atoms with Crippen LogP contribution in [0.3, 0.4) is 0 Å². The van der Waals surface area contributed by atoms with Gasteiger partial charge in [0.05, 0.1) is 17.1 Å². The molecule has 7 heteroatoms. The summed E-state index contributed by atoms with van der Waals surface area (Å²) < 4.78 is 8.18. The van der Waals surface area contributed by atoms with Gasteiger partial charge in [-0.2, -0.15) is 9.78 Å². The summed E-state index contributed by atoms with van der Waals surface area (Å²) in [6, 6.07) is 20.6. The van der Waals surface area contributed by atoms with Crippen LogP contribution in [-0.4, -0.2) is 15.9 Å². The maximum Gasteiger partial charge on any atom is 0.282 e. The Kier molecular flexibility index (Phi) is 6.72. The number of hydrogen-bond donors (Lipinski definition) is 0. The molecule has 0 radical (unpaired) electrons. The van der Waals surface area contributed by atoms with Crippen molar-refractivity contribution in [2.24, 2.45) is 5.10 Å². The van der Waals surface area contributed by atoms with Crippen LogP contribution in [0.5, 0.6) is 5.75 Å². The molecule has 4 rings (SSSR count). The maximum atomic E-state index is 13.2. The van der Waals surface area contributed by atoms with Crippen molar-refractivity contribution >= 4 is 44.6 Å². The topological polar surface area (TPSA) is 56.5 Å². The number of fused-ring (bicyclic) bond motifs is 1. The SMILES string of the molecule is CC(C)c1nc2ccc(Br)cc2c(=O)n1N=Cc1ccccc1OCc1ccccc1Cl. The third-order valence-electron chi connectivity index (χ3n) is 4.92. The molecule has 0 saturated carbocycles. The van der Waals surface area contributed by atoms with Crippen molar-refractivity contribution in [1.82, 2.24) is 9.66 Å². The highest BCUT2D eigenvalue weighted by Crippen LogP contribution is 2.22. The van der Waals surface area contributed by atoms with Gasteiger partial charge < -0.3 is 4.74 Å². The van der Waals surface area contributed by atoms with Crippen molar-refractivity contribution in [2.45, 2.75) is 26.4 Å². The predicted molar refractivity (Wildman–Crippen MR) is 133 cm³/mol. The van der Waals surface area contributed by atoms with Crippen LogP contribution in [0.2, 0.25) is 5.02 Å². The zero-order chi connectivity index (χ0) is 22.7. The van der Waals surface area contributed by atoms with Crippen LogP contribution in [0, 0.1) is 0 Å². The minimum Gasteiger partial charge on any atom is -0.488 e. The molecular weight excluding hydrogens is 490 g/mol. The molecule has 0 unspecified atom stereocenters. The largest absolute Gasteiger partial charge is 0.488 e. The van der Waals surface area contributed by atoms with E-state index in [0.717, 1.165) is 15.6 Å². The van der Waals surface area contributed by atoms with Crippen LogP contribution in [-0.2, 0) is 6.61 Å². The summed E-state index contributed by atoms with van der Waals surface area (Å²) in [6.07, 6.45) is 1.63. The first-order valence-corrected chi connectivity index (χ1v) is 11.3. The Balaban J connectivity index is 1.71. The van der Waals surface area contributed by atoms with Gasteiger partial charge in [-0.1, -0.05) is 71.7 Å². The van der Waals surface area contributed by atoms with Gasteiger partial charge in [-0.3, -0.25) is 4.79 Å². The van der Waals surface area contributed by atoms with Crippen molar-refractivity contribution in [3.05, 3.63) is 104 Å². The summed E-state index contributed by atoms with van der Waals surface area (Å²) in [4.78, 5) is 17.9. The van der Waals surface area contributed by atoms with E-state index in [9.17, 15) is 4.79 Å². The van der Waals surface area contributed by atoms with Gasteiger partial charge in [0.15, 0.2) is 0 Å². The van der Waals surface area contributed by atoms with E-state index >= 15 is 0 Å². The van der Waals surface area contributed by atoms with Crippen LogP contribution in [0.4, 0.5) is 0 Å². The van der Waals surface area contributed by atoms with Crippen LogP contribution < -0.4 is 10.3 Å². The highest BCUT2D eigenvalue weighted by Gasteiger charge is 2.14. The minimum absolute atomic E-state index is 0.0135. The van der Waals surface area contributed by atoms with Crippen molar-refractivity contribution in [2.75, 3.05) is 0 Å². The molecular formula is C25H21BrClN3O2. The monoisotopic (exact) mass is 509 g/mol. The smallest absolute Gasteiger partial charge is 0.282 e. The molecule has 1 heterocycles. The van der Waals surface area contributed by atoms with Gasteiger partial charge in [-0.15, -0.1) is 0 Å². The van der Waals surface area contributed by atoms with E-state index in [0.29, 0.717) is 34.1 Å². The second-order valence-corrected chi connectivity index (χ2v) is 8.89. The van der Waals surface area contributed by atoms with Gasteiger partial charge in [0.2, 0.25) is 0 Å². The van der Waals surface area contributed by atoms with Gasteiger partial charge in [-0.25, -0.2) is 4.98 Å². The molecule has 0 aliphatic heterocycles. The molecule has 3 aromatic carbocycles. The number of nitrogens with zero attached hydrogens (tertiary/aromatic N) is 3. The Hall–Kier alpha value is -2.96. The van der Waals surface area contributed by atoms with E-state index in [1.807, 2.05) is 74.5 Å². The first kappa shape index (κ1) is 22.2. The fourth-order valence-corrected chi connectivity index (χ4v) is 3.81. The first-order valence-electron chi connectivity index (χ1n) is 10.2. The van der Waals surface area contributed by atoms with Gasteiger partial charge in [0.1, 0.15) is 18.2 Å². The third-order valence-corrected chi connectivity index (χ3v) is 5.78. The molecule has 0 fully saturated rings. The molecule has 0 N–H and O–H groups in total. The quantitative estimate of drug-likeness (QED) is 0.282. The van der Waals surface area contributed by atoms with Crippen molar-refractivity contribution in [3.63, 3.8) is 0 Å². The molecule has 0 aliphatic carbocycles. The van der Waals surface area contributed by atoms with Crippen molar-refractivity contribution in [3.8, 4) is 5.75 Å². The van der Waals surface area contributed by atoms with Gasteiger partial charge in [0.25, 0.3) is 5.56 Å². The zero-order valence-corrected chi connectivity index (χ0v) is 20.0. The number of hydrogen-bond acceptors (Lipinski definition) is 4. The van der Waals surface area contributed by atoms with Crippen molar-refractivity contribution in [1.29, 1.82) is 0 Å². The van der Waals surface area contributed by atoms with E-state index in [1.54, 1.807) is 12.3 Å². The van der Waals surface area contributed by atoms with Crippen molar-refractivity contribution < 1.29 is 4.74 Å². The van der Waals surface area contributed by atoms with E-state index in [-0.39, 0.29) is 11.5 Å². The Morgan fingerprint density at radius 3 is 2.66 bits per heavy atom. The first-order chi connectivity index (χ1) is 15.4.